The Kier molecular flexibility index (Phi) is 5.44. The number of hydrogen-bond donors (Lipinski definition) is 2. The zero-order chi connectivity index (χ0) is 9.61. The van der Waals surface area contributed by atoms with Gasteiger partial charge < -0.3 is 0 Å². The van der Waals surface area contributed by atoms with Crippen LogP contribution in [0.3, 0.4) is 0 Å². The molecule has 0 aliphatic rings. The summed E-state index contributed by atoms with van der Waals surface area (Å²) in [5.41, 5.74) is 0. The van der Waals surface area contributed by atoms with Gasteiger partial charge in [0.05, 0.1) is 6.04 Å². The molecule has 1 radical (unpaired) electrons. The van der Waals surface area contributed by atoms with Crippen LogP contribution in [0.1, 0.15) is 39.5 Å². The van der Waals surface area contributed by atoms with Crippen LogP contribution in [0.15, 0.2) is 0 Å². The SMILES string of the molecule is CCCC[C](CC)NS(=O)(=O)O. The van der Waals surface area contributed by atoms with Crippen molar-refractivity contribution in [2.24, 2.45) is 0 Å². The fourth-order valence-corrected chi connectivity index (χ4v) is 1.48. The Morgan fingerprint density at radius 2 is 2.00 bits per heavy atom. The van der Waals surface area contributed by atoms with Crippen LogP contribution in [0, 0.1) is 6.04 Å². The van der Waals surface area contributed by atoms with Gasteiger partial charge in [-0.05, 0) is 12.8 Å². The molecule has 0 heterocycles. The highest BCUT2D eigenvalue weighted by atomic mass is 32.2. The zero-order valence-corrected chi connectivity index (χ0v) is 8.32. The molecule has 0 bridgehead atoms. The molecule has 0 spiro atoms. The highest BCUT2D eigenvalue weighted by Crippen LogP contribution is 2.11. The van der Waals surface area contributed by atoms with Crippen molar-refractivity contribution < 1.29 is 13.0 Å². The lowest BCUT2D eigenvalue weighted by Crippen LogP contribution is -2.27. The molecule has 12 heavy (non-hydrogen) atoms. The third-order valence-corrected chi connectivity index (χ3v) is 2.08. The summed E-state index contributed by atoms with van der Waals surface area (Å²) in [6, 6.07) is 0.666. The molecule has 0 unspecified atom stereocenters. The molecular formula is C7H16NO3S. The first kappa shape index (κ1) is 11.9. The summed E-state index contributed by atoms with van der Waals surface area (Å²) >= 11 is 0. The van der Waals surface area contributed by atoms with Gasteiger partial charge in [0.15, 0.2) is 0 Å². The summed E-state index contributed by atoms with van der Waals surface area (Å²) in [4.78, 5) is 0. The third kappa shape index (κ3) is 6.57. The van der Waals surface area contributed by atoms with Gasteiger partial charge in [0.1, 0.15) is 0 Å². The van der Waals surface area contributed by atoms with Gasteiger partial charge in [0, 0.05) is 0 Å². The molecule has 73 valence electrons. The molecule has 0 rings (SSSR count). The standard InChI is InChI=1S/C7H16NO3S/c1-3-5-6-7(4-2)8-12(9,10)11/h8H,3-6H2,1-2H3,(H,9,10,11). The summed E-state index contributed by atoms with van der Waals surface area (Å²) in [6.45, 7) is 3.88. The Balaban J connectivity index is 3.83. The predicted molar refractivity (Wildman–Crippen MR) is 47.7 cm³/mol. The fraction of sp³-hybridized carbons (Fsp3) is 0.857. The van der Waals surface area contributed by atoms with Gasteiger partial charge in [-0.3, -0.25) is 4.55 Å². The fourth-order valence-electron chi connectivity index (χ4n) is 0.873. The van der Waals surface area contributed by atoms with Crippen LogP contribution in [-0.4, -0.2) is 13.0 Å². The Bertz CT molecular complexity index is 201. The first-order chi connectivity index (χ1) is 5.49. The van der Waals surface area contributed by atoms with E-state index in [9.17, 15) is 8.42 Å². The molecule has 0 aromatic carbocycles. The minimum absolute atomic E-state index is 0.625. The normalized spacial score (nSPS) is 12.3. The molecule has 2 N–H and O–H groups in total. The van der Waals surface area contributed by atoms with Crippen LogP contribution in [-0.2, 0) is 10.3 Å². The lowest BCUT2D eigenvalue weighted by Gasteiger charge is -2.12. The monoisotopic (exact) mass is 194 g/mol. The van der Waals surface area contributed by atoms with Gasteiger partial charge in [-0.15, -0.1) is 0 Å². The van der Waals surface area contributed by atoms with E-state index in [0.717, 1.165) is 12.8 Å². The van der Waals surface area contributed by atoms with E-state index in [-0.39, 0.29) is 0 Å². The van der Waals surface area contributed by atoms with Crippen molar-refractivity contribution in [3.63, 3.8) is 0 Å². The van der Waals surface area contributed by atoms with Crippen LogP contribution in [0.5, 0.6) is 0 Å². The van der Waals surface area contributed by atoms with Crippen molar-refractivity contribution in [3.05, 3.63) is 6.04 Å². The average Bonchev–Trinajstić information content (AvgIpc) is 1.95. The van der Waals surface area contributed by atoms with E-state index in [1.165, 1.54) is 0 Å². The first-order valence-corrected chi connectivity index (χ1v) is 5.53. The number of nitrogens with one attached hydrogen (secondary N) is 1. The Labute approximate surface area is 74.2 Å². The topological polar surface area (TPSA) is 66.4 Å². The molecule has 4 nitrogen and oxygen atoms in total. The molecule has 0 saturated heterocycles. The second-order valence-corrected chi connectivity index (χ2v) is 3.79. The van der Waals surface area contributed by atoms with Gasteiger partial charge >= 0.3 is 10.3 Å². The van der Waals surface area contributed by atoms with E-state index in [2.05, 4.69) is 4.72 Å². The van der Waals surface area contributed by atoms with Crippen molar-refractivity contribution in [2.75, 3.05) is 0 Å². The van der Waals surface area contributed by atoms with E-state index in [0.29, 0.717) is 18.9 Å². The molecule has 0 saturated carbocycles. The molecule has 0 aliphatic carbocycles. The van der Waals surface area contributed by atoms with Crippen LogP contribution in [0.2, 0.25) is 0 Å². The van der Waals surface area contributed by atoms with Crippen LogP contribution < -0.4 is 4.72 Å². The predicted octanol–water partition coefficient (Wildman–Crippen LogP) is 1.51. The molecule has 5 heteroatoms. The summed E-state index contributed by atoms with van der Waals surface area (Å²) in [5, 5.41) is 0. The summed E-state index contributed by atoms with van der Waals surface area (Å²) in [5.74, 6) is 0. The van der Waals surface area contributed by atoms with Crippen molar-refractivity contribution in [1.29, 1.82) is 0 Å². The van der Waals surface area contributed by atoms with E-state index in [1.807, 2.05) is 13.8 Å². The van der Waals surface area contributed by atoms with Crippen molar-refractivity contribution >= 4 is 10.3 Å². The molecule has 0 amide bonds. The lowest BCUT2D eigenvalue weighted by atomic mass is 10.1. The highest BCUT2D eigenvalue weighted by molar-refractivity contribution is 7.83. The number of hydrogen-bond acceptors (Lipinski definition) is 2. The quantitative estimate of drug-likeness (QED) is 0.630. The minimum Gasteiger partial charge on any atom is -0.273 e. The maximum absolute atomic E-state index is 10.4. The molecule has 0 atom stereocenters. The zero-order valence-electron chi connectivity index (χ0n) is 7.50. The minimum atomic E-state index is -4.05. The van der Waals surface area contributed by atoms with E-state index < -0.39 is 10.3 Å². The smallest absolute Gasteiger partial charge is 0.273 e. The summed E-state index contributed by atoms with van der Waals surface area (Å²) in [6.07, 6.45) is 3.27. The van der Waals surface area contributed by atoms with Crippen molar-refractivity contribution in [2.45, 2.75) is 39.5 Å². The van der Waals surface area contributed by atoms with Crippen molar-refractivity contribution in [1.82, 2.24) is 4.72 Å². The van der Waals surface area contributed by atoms with Crippen LogP contribution in [0.4, 0.5) is 0 Å². The van der Waals surface area contributed by atoms with Crippen LogP contribution in [0.25, 0.3) is 0 Å². The maximum atomic E-state index is 10.4. The largest absolute Gasteiger partial charge is 0.333 e. The summed E-state index contributed by atoms with van der Waals surface area (Å²) in [7, 11) is -4.05. The Hall–Kier alpha value is -0.130. The van der Waals surface area contributed by atoms with Gasteiger partial charge in [0.2, 0.25) is 0 Å². The second-order valence-electron chi connectivity index (χ2n) is 2.64. The Morgan fingerprint density at radius 1 is 1.42 bits per heavy atom. The molecule has 0 aromatic heterocycles. The number of unbranched alkanes of at least 4 members (excludes halogenated alkanes) is 1. The van der Waals surface area contributed by atoms with Gasteiger partial charge in [-0.2, -0.15) is 13.1 Å². The maximum Gasteiger partial charge on any atom is 0.333 e. The average molecular weight is 194 g/mol. The molecule has 0 fully saturated rings. The third-order valence-electron chi connectivity index (χ3n) is 1.53. The lowest BCUT2D eigenvalue weighted by molar-refractivity contribution is 0.462. The molecular weight excluding hydrogens is 178 g/mol. The van der Waals surface area contributed by atoms with Gasteiger partial charge in [0.25, 0.3) is 0 Å². The van der Waals surface area contributed by atoms with E-state index in [1.54, 1.807) is 0 Å². The number of rotatable bonds is 6. The van der Waals surface area contributed by atoms with E-state index >= 15 is 0 Å². The second kappa shape index (κ2) is 5.50. The van der Waals surface area contributed by atoms with E-state index in [4.69, 9.17) is 4.55 Å². The molecule has 0 aromatic rings. The van der Waals surface area contributed by atoms with Gasteiger partial charge in [-0.25, -0.2) is 0 Å². The van der Waals surface area contributed by atoms with Crippen molar-refractivity contribution in [3.8, 4) is 0 Å². The van der Waals surface area contributed by atoms with Gasteiger partial charge in [-0.1, -0.05) is 26.7 Å². The Morgan fingerprint density at radius 3 is 2.33 bits per heavy atom. The van der Waals surface area contributed by atoms with Crippen LogP contribution >= 0.6 is 0 Å². The molecule has 0 aliphatic heterocycles. The highest BCUT2D eigenvalue weighted by Gasteiger charge is 2.12. The summed E-state index contributed by atoms with van der Waals surface area (Å²) < 4.78 is 31.3. The first-order valence-electron chi connectivity index (χ1n) is 4.09.